The molecule has 1 atom stereocenters. The van der Waals surface area contributed by atoms with Gasteiger partial charge in [-0.1, -0.05) is 6.92 Å². The molecule has 0 radical (unpaired) electrons. The average Bonchev–Trinajstić information content (AvgIpc) is 3.21. The summed E-state index contributed by atoms with van der Waals surface area (Å²) in [6, 6.07) is 0. The van der Waals surface area contributed by atoms with E-state index in [0.29, 0.717) is 31.6 Å². The summed E-state index contributed by atoms with van der Waals surface area (Å²) in [6.45, 7) is 2.91. The van der Waals surface area contributed by atoms with E-state index >= 15 is 0 Å². The van der Waals surface area contributed by atoms with Crippen LogP contribution in [0, 0.1) is 5.82 Å². The van der Waals surface area contributed by atoms with Gasteiger partial charge in [0, 0.05) is 13.0 Å². The Morgan fingerprint density at radius 2 is 2.30 bits per heavy atom. The molecule has 1 saturated heterocycles. The average molecular weight is 320 g/mol. The maximum atomic E-state index is 14.1. The fourth-order valence-corrected chi connectivity index (χ4v) is 2.48. The Morgan fingerprint density at radius 1 is 1.43 bits per heavy atom. The highest BCUT2D eigenvalue weighted by molar-refractivity contribution is 5.76. The molecule has 122 valence electrons. The number of carbonyl (C=O) groups excluding carboxylic acids is 1. The molecular formula is C14H17FN6O2. The Kier molecular flexibility index (Phi) is 4.45. The second-order valence-corrected chi connectivity index (χ2v) is 5.25. The summed E-state index contributed by atoms with van der Waals surface area (Å²) < 4.78 is 21.2. The van der Waals surface area contributed by atoms with Gasteiger partial charge in [-0.15, -0.1) is 0 Å². The van der Waals surface area contributed by atoms with Crippen molar-refractivity contribution in [1.29, 1.82) is 0 Å². The zero-order chi connectivity index (χ0) is 16.2. The van der Waals surface area contributed by atoms with E-state index in [1.165, 1.54) is 23.7 Å². The molecule has 2 aromatic heterocycles. The molecule has 9 heteroatoms. The molecule has 0 spiro atoms. The summed E-state index contributed by atoms with van der Waals surface area (Å²) in [5.74, 6) is -0.645. The van der Waals surface area contributed by atoms with E-state index in [1.807, 2.05) is 6.92 Å². The number of amides is 1. The molecule has 0 aliphatic carbocycles. The van der Waals surface area contributed by atoms with Crippen LogP contribution in [-0.4, -0.2) is 54.7 Å². The molecule has 1 aliphatic heterocycles. The van der Waals surface area contributed by atoms with Gasteiger partial charge in [-0.25, -0.2) is 14.6 Å². The number of ether oxygens (including phenoxy) is 1. The Morgan fingerprint density at radius 3 is 3.04 bits per heavy atom. The van der Waals surface area contributed by atoms with Gasteiger partial charge in [-0.3, -0.25) is 4.79 Å². The summed E-state index contributed by atoms with van der Waals surface area (Å²) in [5, 5.41) is 3.91. The standard InChI is InChI=1S/C14H17FN6O2/c1-2-11-13(15)14(18-8-17-11)23-10-3-4-20(5-10)12(22)6-21-9-16-7-19-21/h7-10H,2-6H2,1H3/t10-/m1/s1. The first kappa shape index (κ1) is 15.3. The molecule has 2 aromatic rings. The molecule has 3 rings (SSSR count). The van der Waals surface area contributed by atoms with Crippen LogP contribution in [0.1, 0.15) is 19.0 Å². The van der Waals surface area contributed by atoms with Crippen molar-refractivity contribution in [2.24, 2.45) is 0 Å². The van der Waals surface area contributed by atoms with E-state index in [1.54, 1.807) is 4.90 Å². The monoisotopic (exact) mass is 320 g/mol. The first-order valence-electron chi connectivity index (χ1n) is 7.43. The van der Waals surface area contributed by atoms with E-state index in [0.717, 1.165) is 0 Å². The van der Waals surface area contributed by atoms with Gasteiger partial charge < -0.3 is 9.64 Å². The number of likely N-dealkylation sites (tertiary alicyclic amines) is 1. The number of nitrogens with zero attached hydrogens (tertiary/aromatic N) is 6. The van der Waals surface area contributed by atoms with Crippen molar-refractivity contribution in [3.05, 3.63) is 30.5 Å². The number of hydrogen-bond donors (Lipinski definition) is 0. The molecule has 0 bridgehead atoms. The van der Waals surface area contributed by atoms with Gasteiger partial charge in [0.25, 0.3) is 5.88 Å². The molecule has 1 aliphatic rings. The van der Waals surface area contributed by atoms with Gasteiger partial charge in [0.15, 0.2) is 0 Å². The molecule has 0 aromatic carbocycles. The molecule has 23 heavy (non-hydrogen) atoms. The molecule has 1 fully saturated rings. The molecule has 3 heterocycles. The number of aryl methyl sites for hydroxylation is 1. The van der Waals surface area contributed by atoms with Crippen molar-refractivity contribution in [1.82, 2.24) is 29.6 Å². The number of aromatic nitrogens is 5. The van der Waals surface area contributed by atoms with Gasteiger partial charge >= 0.3 is 0 Å². The molecule has 0 unspecified atom stereocenters. The number of hydrogen-bond acceptors (Lipinski definition) is 6. The highest BCUT2D eigenvalue weighted by Gasteiger charge is 2.29. The van der Waals surface area contributed by atoms with Crippen LogP contribution < -0.4 is 4.74 Å². The van der Waals surface area contributed by atoms with Crippen molar-refractivity contribution in [3.8, 4) is 5.88 Å². The van der Waals surface area contributed by atoms with Crippen LogP contribution in [0.2, 0.25) is 0 Å². The van der Waals surface area contributed by atoms with Gasteiger partial charge in [0.1, 0.15) is 31.6 Å². The van der Waals surface area contributed by atoms with Gasteiger partial charge in [0.05, 0.1) is 12.2 Å². The first-order chi connectivity index (χ1) is 11.2. The third-order valence-electron chi connectivity index (χ3n) is 3.70. The highest BCUT2D eigenvalue weighted by Crippen LogP contribution is 2.21. The van der Waals surface area contributed by atoms with Crippen molar-refractivity contribution >= 4 is 5.91 Å². The molecular weight excluding hydrogens is 303 g/mol. The predicted molar refractivity (Wildman–Crippen MR) is 77.0 cm³/mol. The maximum absolute atomic E-state index is 14.1. The number of halogens is 1. The Labute approximate surface area is 132 Å². The topological polar surface area (TPSA) is 86.0 Å². The van der Waals surface area contributed by atoms with Gasteiger partial charge in [-0.2, -0.15) is 14.5 Å². The lowest BCUT2D eigenvalue weighted by atomic mass is 10.3. The van der Waals surface area contributed by atoms with Crippen LogP contribution in [0.25, 0.3) is 0 Å². The molecule has 0 saturated carbocycles. The Bertz CT molecular complexity index is 678. The fourth-order valence-electron chi connectivity index (χ4n) is 2.48. The smallest absolute Gasteiger partial charge is 0.254 e. The van der Waals surface area contributed by atoms with Gasteiger partial charge in [-0.05, 0) is 6.42 Å². The van der Waals surface area contributed by atoms with E-state index in [-0.39, 0.29) is 24.4 Å². The van der Waals surface area contributed by atoms with Crippen LogP contribution in [0.15, 0.2) is 19.0 Å². The van der Waals surface area contributed by atoms with Crippen LogP contribution in [0.4, 0.5) is 4.39 Å². The minimum atomic E-state index is -0.526. The van der Waals surface area contributed by atoms with Crippen molar-refractivity contribution in [2.75, 3.05) is 13.1 Å². The molecule has 8 nitrogen and oxygen atoms in total. The van der Waals surface area contributed by atoms with Crippen molar-refractivity contribution < 1.29 is 13.9 Å². The normalized spacial score (nSPS) is 17.5. The summed E-state index contributed by atoms with van der Waals surface area (Å²) in [5.41, 5.74) is 0.326. The SMILES string of the molecule is CCc1ncnc(O[C@@H]2CCN(C(=O)Cn3cncn3)C2)c1F. The highest BCUT2D eigenvalue weighted by atomic mass is 19.1. The lowest BCUT2D eigenvalue weighted by Crippen LogP contribution is -2.33. The van der Waals surface area contributed by atoms with E-state index in [2.05, 4.69) is 20.1 Å². The third kappa shape index (κ3) is 3.43. The van der Waals surface area contributed by atoms with Crippen LogP contribution in [0.3, 0.4) is 0 Å². The zero-order valence-electron chi connectivity index (χ0n) is 12.7. The van der Waals surface area contributed by atoms with E-state index in [9.17, 15) is 9.18 Å². The minimum absolute atomic E-state index is 0.0487. The zero-order valence-corrected chi connectivity index (χ0v) is 12.7. The maximum Gasteiger partial charge on any atom is 0.254 e. The number of rotatable bonds is 5. The molecule has 0 N–H and O–H groups in total. The van der Waals surface area contributed by atoms with Crippen LogP contribution >= 0.6 is 0 Å². The van der Waals surface area contributed by atoms with Crippen LogP contribution in [-0.2, 0) is 17.8 Å². The third-order valence-corrected chi connectivity index (χ3v) is 3.70. The van der Waals surface area contributed by atoms with Crippen molar-refractivity contribution in [2.45, 2.75) is 32.4 Å². The molecule has 1 amide bonds. The largest absolute Gasteiger partial charge is 0.470 e. The lowest BCUT2D eigenvalue weighted by molar-refractivity contribution is -0.131. The quantitative estimate of drug-likeness (QED) is 0.795. The van der Waals surface area contributed by atoms with Gasteiger partial charge in [0.2, 0.25) is 11.7 Å². The van der Waals surface area contributed by atoms with Crippen molar-refractivity contribution in [3.63, 3.8) is 0 Å². The van der Waals surface area contributed by atoms with E-state index < -0.39 is 5.82 Å². The fraction of sp³-hybridized carbons (Fsp3) is 0.500. The Hall–Kier alpha value is -2.58. The van der Waals surface area contributed by atoms with E-state index in [4.69, 9.17) is 4.74 Å². The summed E-state index contributed by atoms with van der Waals surface area (Å²) in [6.07, 6.45) is 4.99. The summed E-state index contributed by atoms with van der Waals surface area (Å²) in [4.78, 5) is 25.3. The predicted octanol–water partition coefficient (Wildman–Crippen LogP) is 0.449. The second-order valence-electron chi connectivity index (χ2n) is 5.25. The second kappa shape index (κ2) is 6.67. The van der Waals surface area contributed by atoms with Crippen LogP contribution in [0.5, 0.6) is 5.88 Å². The summed E-state index contributed by atoms with van der Waals surface area (Å²) in [7, 11) is 0. The minimum Gasteiger partial charge on any atom is -0.470 e. The Balaban J connectivity index is 1.59. The first-order valence-corrected chi connectivity index (χ1v) is 7.43. The summed E-state index contributed by atoms with van der Waals surface area (Å²) >= 11 is 0. The number of carbonyl (C=O) groups is 1. The lowest BCUT2D eigenvalue weighted by Gasteiger charge is -2.17.